The van der Waals surface area contributed by atoms with E-state index in [0.717, 1.165) is 24.5 Å². The van der Waals surface area contributed by atoms with Crippen LogP contribution in [0.1, 0.15) is 32.8 Å². The van der Waals surface area contributed by atoms with Gasteiger partial charge in [0.2, 0.25) is 0 Å². The summed E-state index contributed by atoms with van der Waals surface area (Å²) in [5, 5.41) is 0. The molecule has 0 aliphatic heterocycles. The molecular formula is C13H21ClN2. The van der Waals surface area contributed by atoms with Gasteiger partial charge in [0.05, 0.1) is 5.88 Å². The molecule has 0 fully saturated rings. The topological polar surface area (TPSA) is 16.1 Å². The van der Waals surface area contributed by atoms with Crippen LogP contribution < -0.4 is 4.90 Å². The third-order valence-electron chi connectivity index (χ3n) is 2.92. The monoisotopic (exact) mass is 240 g/mol. The Hall–Kier alpha value is -0.760. The number of aromatic nitrogens is 1. The van der Waals surface area contributed by atoms with Gasteiger partial charge in [-0.2, -0.15) is 0 Å². The second-order valence-electron chi connectivity index (χ2n) is 4.17. The summed E-state index contributed by atoms with van der Waals surface area (Å²) in [5.41, 5.74) is 1.12. The minimum atomic E-state index is 0.528. The third kappa shape index (κ3) is 3.38. The lowest BCUT2D eigenvalue weighted by Crippen LogP contribution is -2.29. The van der Waals surface area contributed by atoms with Crippen molar-refractivity contribution in [2.45, 2.75) is 33.1 Å². The SMILES string of the molecule is CCC(C)CN(CC)c1ncccc1CCl. The minimum Gasteiger partial charge on any atom is -0.356 e. The molecule has 0 N–H and O–H groups in total. The molecular weight excluding hydrogens is 220 g/mol. The lowest BCUT2D eigenvalue weighted by atomic mass is 10.1. The van der Waals surface area contributed by atoms with Crippen LogP contribution in [-0.2, 0) is 5.88 Å². The Labute approximate surface area is 104 Å². The lowest BCUT2D eigenvalue weighted by molar-refractivity contribution is 0.545. The van der Waals surface area contributed by atoms with E-state index in [4.69, 9.17) is 11.6 Å². The molecule has 1 unspecified atom stereocenters. The van der Waals surface area contributed by atoms with Crippen molar-refractivity contribution in [1.82, 2.24) is 4.98 Å². The van der Waals surface area contributed by atoms with Crippen LogP contribution in [0.5, 0.6) is 0 Å². The molecule has 0 bridgehead atoms. The van der Waals surface area contributed by atoms with Crippen molar-refractivity contribution in [1.29, 1.82) is 0 Å². The number of hydrogen-bond acceptors (Lipinski definition) is 2. The first-order chi connectivity index (χ1) is 7.72. The molecule has 3 heteroatoms. The molecule has 0 radical (unpaired) electrons. The first-order valence-corrected chi connectivity index (χ1v) is 6.51. The van der Waals surface area contributed by atoms with E-state index in [1.54, 1.807) is 0 Å². The Morgan fingerprint density at radius 3 is 2.75 bits per heavy atom. The van der Waals surface area contributed by atoms with Gasteiger partial charge in [-0.15, -0.1) is 11.6 Å². The molecule has 16 heavy (non-hydrogen) atoms. The summed E-state index contributed by atoms with van der Waals surface area (Å²) < 4.78 is 0. The molecule has 0 amide bonds. The van der Waals surface area contributed by atoms with Gasteiger partial charge in [-0.1, -0.05) is 26.3 Å². The Bertz CT molecular complexity index is 315. The van der Waals surface area contributed by atoms with E-state index in [0.29, 0.717) is 11.8 Å². The zero-order chi connectivity index (χ0) is 12.0. The van der Waals surface area contributed by atoms with Crippen molar-refractivity contribution < 1.29 is 0 Å². The molecule has 2 nitrogen and oxygen atoms in total. The predicted octanol–water partition coefficient (Wildman–Crippen LogP) is 3.69. The third-order valence-corrected chi connectivity index (χ3v) is 3.21. The van der Waals surface area contributed by atoms with E-state index < -0.39 is 0 Å². The van der Waals surface area contributed by atoms with Crippen molar-refractivity contribution in [3.8, 4) is 0 Å². The van der Waals surface area contributed by atoms with Gasteiger partial charge < -0.3 is 4.90 Å². The molecule has 0 aliphatic rings. The number of halogens is 1. The van der Waals surface area contributed by atoms with Crippen LogP contribution in [0.25, 0.3) is 0 Å². The Morgan fingerprint density at radius 2 is 2.19 bits per heavy atom. The van der Waals surface area contributed by atoms with Gasteiger partial charge in [-0.3, -0.25) is 0 Å². The molecule has 0 saturated carbocycles. The number of nitrogens with zero attached hydrogens (tertiary/aromatic N) is 2. The Balaban J connectivity index is 2.85. The maximum Gasteiger partial charge on any atom is 0.132 e. The van der Waals surface area contributed by atoms with Crippen LogP contribution in [0.4, 0.5) is 5.82 Å². The highest BCUT2D eigenvalue weighted by Gasteiger charge is 2.12. The van der Waals surface area contributed by atoms with Gasteiger partial charge in [0.25, 0.3) is 0 Å². The van der Waals surface area contributed by atoms with Crippen LogP contribution in [0.3, 0.4) is 0 Å². The lowest BCUT2D eigenvalue weighted by Gasteiger charge is -2.26. The molecule has 1 rings (SSSR count). The van der Waals surface area contributed by atoms with Crippen molar-refractivity contribution >= 4 is 17.4 Å². The van der Waals surface area contributed by atoms with E-state index in [1.807, 2.05) is 12.3 Å². The van der Waals surface area contributed by atoms with Crippen LogP contribution in [-0.4, -0.2) is 18.1 Å². The molecule has 0 aliphatic carbocycles. The fourth-order valence-corrected chi connectivity index (χ4v) is 1.90. The first kappa shape index (κ1) is 13.3. The van der Waals surface area contributed by atoms with Crippen LogP contribution in [0, 0.1) is 5.92 Å². The molecule has 0 saturated heterocycles. The van der Waals surface area contributed by atoms with E-state index in [-0.39, 0.29) is 0 Å². The number of rotatable bonds is 6. The summed E-state index contributed by atoms with van der Waals surface area (Å²) >= 11 is 5.94. The van der Waals surface area contributed by atoms with Crippen molar-refractivity contribution in [3.63, 3.8) is 0 Å². The average molecular weight is 241 g/mol. The van der Waals surface area contributed by atoms with E-state index >= 15 is 0 Å². The fraction of sp³-hybridized carbons (Fsp3) is 0.615. The van der Waals surface area contributed by atoms with E-state index in [1.165, 1.54) is 6.42 Å². The molecule has 1 aromatic rings. The molecule has 1 aromatic heterocycles. The summed E-state index contributed by atoms with van der Waals surface area (Å²) in [4.78, 5) is 6.76. The molecule has 0 aromatic carbocycles. The van der Waals surface area contributed by atoms with E-state index in [9.17, 15) is 0 Å². The maximum absolute atomic E-state index is 5.94. The van der Waals surface area contributed by atoms with Gasteiger partial charge in [-0.25, -0.2) is 4.98 Å². The van der Waals surface area contributed by atoms with Gasteiger partial charge in [0, 0.05) is 24.8 Å². The van der Waals surface area contributed by atoms with Gasteiger partial charge in [0.1, 0.15) is 5.82 Å². The van der Waals surface area contributed by atoms with E-state index in [2.05, 4.69) is 36.7 Å². The summed E-state index contributed by atoms with van der Waals surface area (Å²) in [6.07, 6.45) is 3.03. The highest BCUT2D eigenvalue weighted by atomic mass is 35.5. The highest BCUT2D eigenvalue weighted by molar-refractivity contribution is 6.17. The number of pyridine rings is 1. The van der Waals surface area contributed by atoms with Crippen LogP contribution >= 0.6 is 11.6 Å². The minimum absolute atomic E-state index is 0.528. The summed E-state index contributed by atoms with van der Waals surface area (Å²) in [6, 6.07) is 3.99. The van der Waals surface area contributed by atoms with Crippen molar-refractivity contribution in [2.24, 2.45) is 5.92 Å². The van der Waals surface area contributed by atoms with Gasteiger partial charge >= 0.3 is 0 Å². The predicted molar refractivity (Wildman–Crippen MR) is 71.1 cm³/mol. The summed E-state index contributed by atoms with van der Waals surface area (Å²) in [6.45, 7) is 8.68. The first-order valence-electron chi connectivity index (χ1n) is 5.97. The highest BCUT2D eigenvalue weighted by Crippen LogP contribution is 2.20. The fourth-order valence-electron chi connectivity index (χ4n) is 1.69. The van der Waals surface area contributed by atoms with Crippen LogP contribution in [0.2, 0.25) is 0 Å². The second kappa shape index (κ2) is 6.74. The zero-order valence-corrected chi connectivity index (χ0v) is 11.2. The van der Waals surface area contributed by atoms with Gasteiger partial charge in [0.15, 0.2) is 0 Å². The van der Waals surface area contributed by atoms with Gasteiger partial charge in [-0.05, 0) is 18.9 Å². The van der Waals surface area contributed by atoms with Crippen molar-refractivity contribution in [2.75, 3.05) is 18.0 Å². The summed E-state index contributed by atoms with van der Waals surface area (Å²) in [7, 11) is 0. The number of anilines is 1. The number of hydrogen-bond donors (Lipinski definition) is 0. The standard InChI is InChI=1S/C13H21ClN2/c1-4-11(3)10-16(5-2)13-12(9-14)7-6-8-15-13/h6-8,11H,4-5,9-10H2,1-3H3. The Kier molecular flexibility index (Phi) is 5.61. The second-order valence-corrected chi connectivity index (χ2v) is 4.44. The largest absolute Gasteiger partial charge is 0.356 e. The molecule has 1 atom stereocenters. The normalized spacial score (nSPS) is 12.5. The van der Waals surface area contributed by atoms with Crippen LogP contribution in [0.15, 0.2) is 18.3 Å². The molecule has 0 spiro atoms. The molecule has 90 valence electrons. The zero-order valence-electron chi connectivity index (χ0n) is 10.4. The smallest absolute Gasteiger partial charge is 0.132 e. The quantitative estimate of drug-likeness (QED) is 0.705. The average Bonchev–Trinajstić information content (AvgIpc) is 2.35. The molecule has 1 heterocycles. The summed E-state index contributed by atoms with van der Waals surface area (Å²) in [5.74, 6) is 2.26. The van der Waals surface area contributed by atoms with Crippen molar-refractivity contribution in [3.05, 3.63) is 23.9 Å². The maximum atomic E-state index is 5.94. The number of alkyl halides is 1. The Morgan fingerprint density at radius 1 is 1.44 bits per heavy atom.